The first-order chi connectivity index (χ1) is 37.9. The van der Waals surface area contributed by atoms with Gasteiger partial charge in [0, 0.05) is 12.8 Å². The quantitative estimate of drug-likeness (QED) is 0.0205. The second-order valence-electron chi connectivity index (χ2n) is 21.1. The number of allylic oxidation sites excluding steroid dienone is 23. The number of likely N-dealkylation sites (N-methyl/N-ethyl adjacent to an activating group) is 1. The molecule has 0 spiro atoms. The number of hydrogen-bond donors (Lipinski definition) is 2. The molecule has 3 unspecified atom stereocenters. The minimum absolute atomic E-state index is 0.0163. The van der Waals surface area contributed by atoms with Crippen molar-refractivity contribution in [2.24, 2.45) is 0 Å². The van der Waals surface area contributed by atoms with Crippen LogP contribution in [0.15, 0.2) is 146 Å². The van der Waals surface area contributed by atoms with Crippen LogP contribution in [-0.2, 0) is 27.9 Å². The van der Waals surface area contributed by atoms with E-state index in [1.54, 1.807) is 0 Å². The Morgan fingerprint density at radius 3 is 1.26 bits per heavy atom. The molecule has 0 aromatic rings. The summed E-state index contributed by atoms with van der Waals surface area (Å²) in [6.07, 6.45) is 81.4. The zero-order valence-corrected chi connectivity index (χ0v) is 51.2. The maximum absolute atomic E-state index is 13.5. The molecule has 0 saturated carbocycles. The molecule has 0 radical (unpaired) electrons. The monoisotopic (exact) mass is 1100 g/mol. The van der Waals surface area contributed by atoms with Gasteiger partial charge in [0.15, 0.2) is 0 Å². The SMILES string of the molecule is CC/C=C\C/C=C\C/C=C\C/C=C\C/C=C\C/C=C\CCC(=O)OC(/C=C/CCCCCCCCCCCC)C(COP(=O)(O)OCC[N+](C)(C)C)NC(=O)CCCCCCC/C=C\C/C=C\C/C=C\C/C=C\C/C=C\CC. The van der Waals surface area contributed by atoms with Gasteiger partial charge in [0.05, 0.1) is 33.8 Å². The Morgan fingerprint density at radius 2 is 0.833 bits per heavy atom. The molecule has 0 bridgehead atoms. The average Bonchev–Trinajstić information content (AvgIpc) is 3.40. The first-order valence-corrected chi connectivity index (χ1v) is 32.2. The number of rotatable bonds is 53. The van der Waals surface area contributed by atoms with Gasteiger partial charge in [0.2, 0.25) is 5.91 Å². The first kappa shape index (κ1) is 73.9. The second kappa shape index (κ2) is 56.2. The molecule has 3 atom stereocenters. The van der Waals surface area contributed by atoms with E-state index < -0.39 is 25.9 Å². The summed E-state index contributed by atoms with van der Waals surface area (Å²) in [6, 6.07) is -0.901. The molecule has 0 aromatic carbocycles. The largest absolute Gasteiger partial charge is 0.472 e. The minimum atomic E-state index is -4.48. The molecule has 0 saturated heterocycles. The summed E-state index contributed by atoms with van der Waals surface area (Å²) in [5.41, 5.74) is 0. The Balaban J connectivity index is 5.44. The van der Waals surface area contributed by atoms with Gasteiger partial charge in [-0.15, -0.1) is 0 Å². The topological polar surface area (TPSA) is 111 Å². The predicted octanol–water partition coefficient (Wildman–Crippen LogP) is 19.0. The van der Waals surface area contributed by atoms with Crippen molar-refractivity contribution < 1.29 is 37.3 Å². The van der Waals surface area contributed by atoms with Gasteiger partial charge in [0.25, 0.3) is 0 Å². The van der Waals surface area contributed by atoms with Crippen LogP contribution in [0.25, 0.3) is 0 Å². The highest BCUT2D eigenvalue weighted by Gasteiger charge is 2.30. The van der Waals surface area contributed by atoms with Crippen LogP contribution in [0, 0.1) is 0 Å². The van der Waals surface area contributed by atoms with Crippen molar-refractivity contribution in [3.63, 3.8) is 0 Å². The molecule has 10 heteroatoms. The van der Waals surface area contributed by atoms with Gasteiger partial charge < -0.3 is 19.4 Å². The fourth-order valence-corrected chi connectivity index (χ4v) is 8.61. The predicted molar refractivity (Wildman–Crippen MR) is 336 cm³/mol. The molecule has 0 aliphatic carbocycles. The highest BCUT2D eigenvalue weighted by atomic mass is 31.2. The number of nitrogens with one attached hydrogen (secondary N) is 1. The van der Waals surface area contributed by atoms with Crippen LogP contribution in [0.1, 0.15) is 220 Å². The van der Waals surface area contributed by atoms with Gasteiger partial charge in [-0.2, -0.15) is 0 Å². The zero-order chi connectivity index (χ0) is 57.2. The van der Waals surface area contributed by atoms with Crippen molar-refractivity contribution in [2.45, 2.75) is 232 Å². The van der Waals surface area contributed by atoms with Crippen molar-refractivity contribution >= 4 is 19.7 Å². The Kier molecular flexibility index (Phi) is 53.2. The third-order valence-corrected chi connectivity index (χ3v) is 13.5. The van der Waals surface area contributed by atoms with Crippen LogP contribution in [0.2, 0.25) is 0 Å². The number of carbonyl (C=O) groups is 2. The van der Waals surface area contributed by atoms with Crippen molar-refractivity contribution in [1.82, 2.24) is 5.32 Å². The number of phosphoric acid groups is 1. The van der Waals surface area contributed by atoms with Crippen LogP contribution >= 0.6 is 7.82 Å². The van der Waals surface area contributed by atoms with Gasteiger partial charge in [0.1, 0.15) is 19.3 Å². The fourth-order valence-electron chi connectivity index (χ4n) is 7.87. The number of ether oxygens (including phenoxy) is 1. The Bertz CT molecular complexity index is 1840. The number of phosphoric ester groups is 1. The van der Waals surface area contributed by atoms with Gasteiger partial charge >= 0.3 is 13.8 Å². The fraction of sp³-hybridized carbons (Fsp3) is 0.618. The van der Waals surface area contributed by atoms with Crippen LogP contribution in [0.3, 0.4) is 0 Å². The highest BCUT2D eigenvalue weighted by molar-refractivity contribution is 7.47. The van der Waals surface area contributed by atoms with Crippen molar-refractivity contribution in [1.29, 1.82) is 0 Å². The molecule has 0 aliphatic heterocycles. The number of nitrogens with zero attached hydrogens (tertiary/aromatic N) is 1. The highest BCUT2D eigenvalue weighted by Crippen LogP contribution is 2.43. The normalized spacial score (nSPS) is 14.7. The van der Waals surface area contributed by atoms with Crippen LogP contribution < -0.4 is 5.32 Å². The van der Waals surface area contributed by atoms with Gasteiger partial charge in [-0.1, -0.05) is 238 Å². The summed E-state index contributed by atoms with van der Waals surface area (Å²) >= 11 is 0. The molecule has 9 nitrogen and oxygen atoms in total. The van der Waals surface area contributed by atoms with Crippen LogP contribution in [0.5, 0.6) is 0 Å². The van der Waals surface area contributed by atoms with E-state index in [0.29, 0.717) is 23.9 Å². The van der Waals surface area contributed by atoms with Gasteiger partial charge in [-0.25, -0.2) is 4.57 Å². The molecule has 0 heterocycles. The summed E-state index contributed by atoms with van der Waals surface area (Å²) < 4.78 is 30.6. The van der Waals surface area contributed by atoms with E-state index in [1.165, 1.54) is 51.4 Å². The summed E-state index contributed by atoms with van der Waals surface area (Å²) in [4.78, 5) is 37.7. The summed E-state index contributed by atoms with van der Waals surface area (Å²) in [6.45, 7) is 6.69. The Morgan fingerprint density at radius 1 is 0.462 bits per heavy atom. The Labute approximate surface area is 478 Å². The molecule has 2 N–H and O–H groups in total. The molecule has 0 fully saturated rings. The molecule has 0 rings (SSSR count). The number of esters is 1. The molecule has 0 aliphatic rings. The van der Waals surface area contributed by atoms with E-state index in [-0.39, 0.29) is 32.0 Å². The summed E-state index contributed by atoms with van der Waals surface area (Å²) in [5.74, 6) is -0.637. The standard InChI is InChI=1S/C68H113N2O7P/c1-7-10-13-16-19-22-25-28-30-32-34-35-37-38-40-42-45-48-51-54-57-60-67(71)69-65(64-76-78(73,74)75-63-62-70(4,5)6)66(59-56-53-50-47-44-27-24-21-18-15-12-9-3)77-68(72)61-58-55-52-49-46-43-41-39-36-33-31-29-26-23-20-17-14-11-8-2/h10-11,13-14,19-20,22-23,28-31,34-36,38-40,43,46,52,55-56,59,65-66H,7-9,12,15-18,21,24-27,32-33,37,41-42,44-45,47-51,53-54,57-58,60-64H2,1-6H3,(H-,69,71,73,74)/p+1/b13-10-,14-11-,22-19-,23-20-,30-28-,31-29-,35-34-,39-36-,40-38-,46-43-,55-52-,59-56+. The lowest BCUT2D eigenvalue weighted by atomic mass is 10.0. The number of quaternary nitrogens is 1. The molecule has 1 amide bonds. The lowest BCUT2D eigenvalue weighted by Gasteiger charge is -2.27. The van der Waals surface area contributed by atoms with Crippen molar-refractivity contribution in [2.75, 3.05) is 40.9 Å². The van der Waals surface area contributed by atoms with E-state index in [2.05, 4.69) is 148 Å². The van der Waals surface area contributed by atoms with E-state index >= 15 is 0 Å². The average molecular weight is 1100 g/mol. The van der Waals surface area contributed by atoms with Gasteiger partial charge in [-0.3, -0.25) is 18.6 Å². The third kappa shape index (κ3) is 56.6. The smallest absolute Gasteiger partial charge is 0.456 e. The first-order valence-electron chi connectivity index (χ1n) is 30.7. The zero-order valence-electron chi connectivity index (χ0n) is 50.3. The number of amides is 1. The number of carbonyl (C=O) groups excluding carboxylic acids is 2. The molecule has 0 aromatic heterocycles. The molecule has 442 valence electrons. The maximum atomic E-state index is 13.5. The summed E-state index contributed by atoms with van der Waals surface area (Å²) in [7, 11) is 1.42. The van der Waals surface area contributed by atoms with E-state index in [1.807, 2.05) is 45.4 Å². The molecular weight excluding hydrogens is 988 g/mol. The van der Waals surface area contributed by atoms with Crippen molar-refractivity contribution in [3.05, 3.63) is 146 Å². The minimum Gasteiger partial charge on any atom is -0.456 e. The van der Waals surface area contributed by atoms with E-state index in [0.717, 1.165) is 122 Å². The van der Waals surface area contributed by atoms with Crippen molar-refractivity contribution in [3.8, 4) is 0 Å². The number of unbranched alkanes of at least 4 members (excludes halogenated alkanes) is 15. The third-order valence-electron chi connectivity index (χ3n) is 12.5. The Hall–Kier alpha value is -4.11. The van der Waals surface area contributed by atoms with E-state index in [9.17, 15) is 19.0 Å². The van der Waals surface area contributed by atoms with Crippen LogP contribution in [-0.4, -0.2) is 74.3 Å². The molecule has 78 heavy (non-hydrogen) atoms. The van der Waals surface area contributed by atoms with Crippen LogP contribution in [0.4, 0.5) is 0 Å². The molecular formula is C68H114N2O7P+. The maximum Gasteiger partial charge on any atom is 0.472 e. The number of hydrogen-bond acceptors (Lipinski definition) is 6. The summed E-state index contributed by atoms with van der Waals surface area (Å²) in [5, 5.41) is 3.02. The van der Waals surface area contributed by atoms with E-state index in [4.69, 9.17) is 13.8 Å². The lowest BCUT2D eigenvalue weighted by molar-refractivity contribution is -0.870. The lowest BCUT2D eigenvalue weighted by Crippen LogP contribution is -2.47. The second-order valence-corrected chi connectivity index (χ2v) is 22.6. The van der Waals surface area contributed by atoms with Gasteiger partial charge in [-0.05, 0) is 115 Å².